The van der Waals surface area contributed by atoms with E-state index in [0.717, 1.165) is 35.5 Å². The number of carbonyl (C=O) groups is 1. The summed E-state index contributed by atoms with van der Waals surface area (Å²) in [5.74, 6) is 0.797. The first kappa shape index (κ1) is 20.9. The number of aromatic hydroxyl groups is 1. The lowest BCUT2D eigenvalue weighted by atomic mass is 9.98. The summed E-state index contributed by atoms with van der Waals surface area (Å²) in [6.07, 6.45) is 3.16. The average molecular weight is 397 g/mol. The van der Waals surface area contributed by atoms with Gasteiger partial charge in [-0.3, -0.25) is 9.69 Å². The van der Waals surface area contributed by atoms with Crippen LogP contribution in [0.2, 0.25) is 0 Å². The van der Waals surface area contributed by atoms with Crippen LogP contribution in [0.5, 0.6) is 17.2 Å². The van der Waals surface area contributed by atoms with E-state index in [1.807, 2.05) is 37.3 Å². The fourth-order valence-corrected chi connectivity index (χ4v) is 3.36. The number of hydrogen-bond donors (Lipinski definition) is 1. The summed E-state index contributed by atoms with van der Waals surface area (Å²) in [6.45, 7) is 5.42. The van der Waals surface area contributed by atoms with Crippen LogP contribution in [0.4, 0.5) is 0 Å². The molecule has 1 saturated heterocycles. The standard InChI is InChI=1S/C23H27NO5/c1-16-14-21(28-3)22(23(26)19(16)15-24-10-12-29-13-11-24)20(25)9-6-17-4-7-18(27-2)8-5-17/h4-9,14,26H,10-13,15H2,1-3H3/b9-6+. The van der Waals surface area contributed by atoms with Crippen LogP contribution in [0.3, 0.4) is 0 Å². The third-order valence-corrected chi connectivity index (χ3v) is 5.09. The third-order valence-electron chi connectivity index (χ3n) is 5.09. The van der Waals surface area contributed by atoms with Crippen molar-refractivity contribution in [1.29, 1.82) is 0 Å². The molecule has 6 nitrogen and oxygen atoms in total. The second kappa shape index (κ2) is 9.58. The van der Waals surface area contributed by atoms with Crippen molar-refractivity contribution < 1.29 is 24.1 Å². The minimum absolute atomic E-state index is 0.0160. The number of phenolic OH excluding ortho intramolecular Hbond substituents is 1. The Bertz CT molecular complexity index is 883. The molecule has 0 amide bonds. The van der Waals surface area contributed by atoms with Crippen molar-refractivity contribution in [2.24, 2.45) is 0 Å². The Labute approximate surface area is 171 Å². The lowest BCUT2D eigenvalue weighted by Crippen LogP contribution is -2.35. The van der Waals surface area contributed by atoms with Gasteiger partial charge in [0.15, 0.2) is 5.78 Å². The molecule has 0 spiro atoms. The zero-order valence-corrected chi connectivity index (χ0v) is 17.1. The molecular weight excluding hydrogens is 370 g/mol. The molecule has 3 rings (SSSR count). The summed E-state index contributed by atoms with van der Waals surface area (Å²) in [4.78, 5) is 15.1. The Balaban J connectivity index is 1.88. The summed E-state index contributed by atoms with van der Waals surface area (Å²) in [5, 5.41) is 10.9. The molecule has 1 N–H and O–H groups in total. The van der Waals surface area contributed by atoms with Gasteiger partial charge in [-0.2, -0.15) is 0 Å². The van der Waals surface area contributed by atoms with Crippen molar-refractivity contribution in [2.45, 2.75) is 13.5 Å². The highest BCUT2D eigenvalue weighted by Gasteiger charge is 2.23. The minimum atomic E-state index is -0.307. The van der Waals surface area contributed by atoms with Crippen molar-refractivity contribution >= 4 is 11.9 Å². The molecule has 0 radical (unpaired) electrons. The zero-order chi connectivity index (χ0) is 20.8. The van der Waals surface area contributed by atoms with Crippen molar-refractivity contribution in [1.82, 2.24) is 4.90 Å². The largest absolute Gasteiger partial charge is 0.507 e. The second-order valence-corrected chi connectivity index (χ2v) is 6.96. The number of allylic oxidation sites excluding steroid dienone is 1. The summed E-state index contributed by atoms with van der Waals surface area (Å²) in [7, 11) is 3.11. The second-order valence-electron chi connectivity index (χ2n) is 6.96. The van der Waals surface area contributed by atoms with Gasteiger partial charge in [-0.05, 0) is 42.3 Å². The van der Waals surface area contributed by atoms with Crippen molar-refractivity contribution in [3.05, 3.63) is 58.7 Å². The molecular formula is C23H27NO5. The molecule has 2 aromatic carbocycles. The third kappa shape index (κ3) is 4.96. The smallest absolute Gasteiger partial charge is 0.193 e. The number of aryl methyl sites for hydroxylation is 1. The highest BCUT2D eigenvalue weighted by Crippen LogP contribution is 2.35. The molecule has 6 heteroatoms. The Morgan fingerprint density at radius 1 is 1.17 bits per heavy atom. The van der Waals surface area contributed by atoms with Gasteiger partial charge in [-0.25, -0.2) is 0 Å². The van der Waals surface area contributed by atoms with E-state index in [1.165, 1.54) is 13.2 Å². The maximum absolute atomic E-state index is 12.9. The van der Waals surface area contributed by atoms with Gasteiger partial charge in [0.05, 0.1) is 27.4 Å². The van der Waals surface area contributed by atoms with E-state index in [9.17, 15) is 9.90 Å². The van der Waals surface area contributed by atoms with Crippen LogP contribution in [0.15, 0.2) is 36.4 Å². The number of ether oxygens (including phenoxy) is 3. The molecule has 29 heavy (non-hydrogen) atoms. The topological polar surface area (TPSA) is 68.2 Å². The molecule has 2 aromatic rings. The Hall–Kier alpha value is -2.83. The van der Waals surface area contributed by atoms with Gasteiger partial charge in [-0.1, -0.05) is 18.2 Å². The van der Waals surface area contributed by atoms with E-state index in [2.05, 4.69) is 4.90 Å². The first-order valence-corrected chi connectivity index (χ1v) is 9.59. The van der Waals surface area contributed by atoms with Gasteiger partial charge in [0.25, 0.3) is 0 Å². The van der Waals surface area contributed by atoms with Gasteiger partial charge >= 0.3 is 0 Å². The van der Waals surface area contributed by atoms with E-state index in [0.29, 0.717) is 25.5 Å². The molecule has 0 saturated carbocycles. The lowest BCUT2D eigenvalue weighted by molar-refractivity contribution is 0.0337. The van der Waals surface area contributed by atoms with Crippen LogP contribution in [0.1, 0.15) is 27.0 Å². The van der Waals surface area contributed by atoms with E-state index < -0.39 is 0 Å². The molecule has 1 fully saturated rings. The molecule has 1 heterocycles. The number of phenols is 1. The number of benzene rings is 2. The number of rotatable bonds is 7. The number of nitrogens with zero attached hydrogens (tertiary/aromatic N) is 1. The fourth-order valence-electron chi connectivity index (χ4n) is 3.36. The fraction of sp³-hybridized carbons (Fsp3) is 0.348. The van der Waals surface area contributed by atoms with Gasteiger partial charge in [0, 0.05) is 25.2 Å². The summed E-state index contributed by atoms with van der Waals surface area (Å²) in [6, 6.07) is 9.18. The Kier molecular flexibility index (Phi) is 6.90. The maximum Gasteiger partial charge on any atom is 0.193 e. The van der Waals surface area contributed by atoms with Crippen LogP contribution in [0.25, 0.3) is 6.08 Å². The summed E-state index contributed by atoms with van der Waals surface area (Å²) in [5.41, 5.74) is 2.68. The molecule has 0 bridgehead atoms. The number of morpholine rings is 1. The molecule has 1 aliphatic heterocycles. The quantitative estimate of drug-likeness (QED) is 0.570. The van der Waals surface area contributed by atoms with Crippen LogP contribution in [0, 0.1) is 6.92 Å². The predicted molar refractivity (Wildman–Crippen MR) is 112 cm³/mol. The predicted octanol–water partition coefficient (Wildman–Crippen LogP) is 3.45. The van der Waals surface area contributed by atoms with Crippen LogP contribution in [-0.4, -0.2) is 56.3 Å². The molecule has 0 aliphatic carbocycles. The summed E-state index contributed by atoms with van der Waals surface area (Å²) < 4.78 is 15.9. The van der Waals surface area contributed by atoms with E-state index >= 15 is 0 Å². The molecule has 1 aliphatic rings. The Morgan fingerprint density at radius 2 is 1.86 bits per heavy atom. The average Bonchev–Trinajstić information content (AvgIpc) is 2.75. The first-order chi connectivity index (χ1) is 14.0. The normalized spacial score (nSPS) is 14.9. The van der Waals surface area contributed by atoms with Gasteiger partial charge in [0.2, 0.25) is 0 Å². The number of hydrogen-bond acceptors (Lipinski definition) is 6. The van der Waals surface area contributed by atoms with E-state index in [1.54, 1.807) is 13.2 Å². The van der Waals surface area contributed by atoms with E-state index in [-0.39, 0.29) is 17.1 Å². The van der Waals surface area contributed by atoms with Crippen molar-refractivity contribution in [3.8, 4) is 17.2 Å². The van der Waals surface area contributed by atoms with E-state index in [4.69, 9.17) is 14.2 Å². The maximum atomic E-state index is 12.9. The molecule has 0 atom stereocenters. The Morgan fingerprint density at radius 3 is 2.48 bits per heavy atom. The molecule has 154 valence electrons. The van der Waals surface area contributed by atoms with Gasteiger partial charge in [-0.15, -0.1) is 0 Å². The highest BCUT2D eigenvalue weighted by atomic mass is 16.5. The zero-order valence-electron chi connectivity index (χ0n) is 17.1. The van der Waals surface area contributed by atoms with Gasteiger partial charge in [0.1, 0.15) is 22.8 Å². The van der Waals surface area contributed by atoms with Crippen molar-refractivity contribution in [2.75, 3.05) is 40.5 Å². The SMILES string of the molecule is COc1ccc(/C=C/C(=O)c2c(OC)cc(C)c(CN3CCOCC3)c2O)cc1. The van der Waals surface area contributed by atoms with Crippen molar-refractivity contribution in [3.63, 3.8) is 0 Å². The monoisotopic (exact) mass is 397 g/mol. The lowest BCUT2D eigenvalue weighted by Gasteiger charge is -2.28. The highest BCUT2D eigenvalue weighted by molar-refractivity contribution is 6.10. The number of ketones is 1. The van der Waals surface area contributed by atoms with Crippen LogP contribution in [-0.2, 0) is 11.3 Å². The van der Waals surface area contributed by atoms with Crippen LogP contribution >= 0.6 is 0 Å². The first-order valence-electron chi connectivity index (χ1n) is 9.59. The minimum Gasteiger partial charge on any atom is -0.507 e. The van der Waals surface area contributed by atoms with Crippen LogP contribution < -0.4 is 9.47 Å². The summed E-state index contributed by atoms with van der Waals surface area (Å²) >= 11 is 0. The van der Waals surface area contributed by atoms with Gasteiger partial charge < -0.3 is 19.3 Å². The number of methoxy groups -OCH3 is 2. The molecule has 0 aromatic heterocycles. The number of carbonyl (C=O) groups excluding carboxylic acids is 1. The molecule has 0 unspecified atom stereocenters.